The first-order valence-electron chi connectivity index (χ1n) is 17.2. The predicted molar refractivity (Wildman–Crippen MR) is 208 cm³/mol. The number of imidazole rings is 1. The molecule has 0 radical (unpaired) electrons. The first-order chi connectivity index (χ1) is 26.4. The van der Waals surface area contributed by atoms with E-state index in [2.05, 4.69) is 64.8 Å². The molecule has 23 nitrogen and oxygen atoms in total. The number of aliphatic hydroxyl groups is 1. The quantitative estimate of drug-likeness (QED) is 0.0179. The average molecular weight is 832 g/mol. The number of carbonyl (C=O) groups is 8. The Morgan fingerprint density at radius 1 is 0.839 bits per heavy atom. The minimum Gasteiger partial charge on any atom is -0.480 e. The molecule has 0 aliphatic carbocycles. The highest BCUT2D eigenvalue weighted by molar-refractivity contribution is 7.98. The number of nitrogens with one attached hydrogen (secondary N) is 8. The Bertz CT molecular complexity index is 1510. The summed E-state index contributed by atoms with van der Waals surface area (Å²) in [5, 5.41) is 35.9. The Kier molecular flexibility index (Phi) is 22.6. The second-order valence-corrected chi connectivity index (χ2v) is 13.7. The third-order valence-electron chi connectivity index (χ3n) is 7.69. The van der Waals surface area contributed by atoms with Crippen molar-refractivity contribution in [2.24, 2.45) is 22.2 Å². The summed E-state index contributed by atoms with van der Waals surface area (Å²) in [6.07, 6.45) is 3.66. The predicted octanol–water partition coefficient (Wildman–Crippen LogP) is -5.84. The van der Waals surface area contributed by atoms with E-state index in [9.17, 15) is 48.6 Å². The van der Waals surface area contributed by atoms with Gasteiger partial charge in [0.2, 0.25) is 41.4 Å². The highest BCUT2D eigenvalue weighted by Crippen LogP contribution is 2.05. The van der Waals surface area contributed by atoms with Crippen LogP contribution in [0.1, 0.15) is 38.8 Å². The largest absolute Gasteiger partial charge is 0.480 e. The molecule has 7 amide bonds. The lowest BCUT2D eigenvalue weighted by atomic mass is 10.1. The summed E-state index contributed by atoms with van der Waals surface area (Å²) in [5.41, 5.74) is 16.8. The van der Waals surface area contributed by atoms with Crippen LogP contribution in [0.3, 0.4) is 0 Å². The molecule has 0 saturated heterocycles. The number of carboxylic acids is 1. The number of aliphatic imine (C=N–C) groups is 1. The van der Waals surface area contributed by atoms with E-state index in [1.807, 2.05) is 0 Å². The molecule has 16 N–H and O–H groups in total. The van der Waals surface area contributed by atoms with Crippen molar-refractivity contribution in [1.82, 2.24) is 47.2 Å². The third kappa shape index (κ3) is 18.9. The molecule has 0 bridgehead atoms. The number of aromatic amines is 1. The Labute approximate surface area is 332 Å². The van der Waals surface area contributed by atoms with Gasteiger partial charge in [-0.25, -0.2) is 9.78 Å². The van der Waals surface area contributed by atoms with Gasteiger partial charge in [-0.2, -0.15) is 24.4 Å². The fourth-order valence-electron chi connectivity index (χ4n) is 4.53. The Morgan fingerprint density at radius 3 is 1.96 bits per heavy atom. The van der Waals surface area contributed by atoms with Gasteiger partial charge >= 0.3 is 5.97 Å². The number of thiol groups is 1. The summed E-state index contributed by atoms with van der Waals surface area (Å²) in [6.45, 7) is 1.50. The minimum atomic E-state index is -1.33. The lowest BCUT2D eigenvalue weighted by molar-refractivity contribution is -0.142. The topological polar surface area (TPSA) is 380 Å². The van der Waals surface area contributed by atoms with Gasteiger partial charge in [-0.1, -0.05) is 0 Å². The standard InChI is InChI=1S/C31H53N13O10S2/c1-15(25(48)37-12-23(47)41-19(6-8-56-3)27(50)43-20(30(53)54)9-17-10-35-14-39-17)40-22(46)11-38-26(49)18(5-4-7-36-31(33)34)42-28(51)21(13-55)44-29(52)24(32)16(2)45/h10,14-16,18-21,24,45,55H,4-9,11-13,32H2,1-3H3,(H,35,39)(H,37,48)(H,38,49)(H,40,46)(H,41,47)(H,42,51)(H,43,50)(H,44,52)(H,53,54)(H4,33,34,36)/t15-,16+,18-,19-,20-,21-,24-/m0/s1. The summed E-state index contributed by atoms with van der Waals surface area (Å²) in [4.78, 5) is 111. The SMILES string of the molecule is CSCC[C@H](NC(=O)CNC(=O)[C@H](C)NC(=O)CNC(=O)[C@H](CCCN=C(N)N)NC(=O)[C@H](CS)NC(=O)[C@@H](N)[C@@H](C)O)C(=O)N[C@@H](Cc1cnc[nH]1)C(=O)O. The number of aliphatic carboxylic acids is 1. The van der Waals surface area contributed by atoms with Crippen molar-refractivity contribution in [2.45, 2.75) is 81.9 Å². The molecule has 1 rings (SSSR count). The first-order valence-corrected chi connectivity index (χ1v) is 19.3. The highest BCUT2D eigenvalue weighted by Gasteiger charge is 2.30. The molecule has 314 valence electrons. The van der Waals surface area contributed by atoms with E-state index in [4.69, 9.17) is 17.2 Å². The molecule has 1 aromatic heterocycles. The number of hydrogen-bond donors (Lipinski definition) is 14. The number of thioether (sulfide) groups is 1. The van der Waals surface area contributed by atoms with E-state index < -0.39 is 103 Å². The zero-order valence-corrected chi connectivity index (χ0v) is 32.9. The lowest BCUT2D eigenvalue weighted by Gasteiger charge is -2.24. The molecule has 0 aromatic carbocycles. The molecule has 1 heterocycles. The van der Waals surface area contributed by atoms with Gasteiger partial charge < -0.3 is 69.6 Å². The number of aromatic nitrogens is 2. The van der Waals surface area contributed by atoms with Gasteiger partial charge in [-0.3, -0.25) is 38.6 Å². The first kappa shape index (κ1) is 48.9. The van der Waals surface area contributed by atoms with E-state index in [0.717, 1.165) is 0 Å². The maximum absolute atomic E-state index is 13.1. The molecular weight excluding hydrogens is 779 g/mol. The Hall–Kier alpha value is -5.14. The van der Waals surface area contributed by atoms with Crippen LogP contribution in [-0.4, -0.2) is 153 Å². The number of carboxylic acid groups (broad SMARTS) is 1. The summed E-state index contributed by atoms with van der Waals surface area (Å²) in [5.74, 6) is -6.75. The van der Waals surface area contributed by atoms with Gasteiger partial charge in [0.25, 0.3) is 0 Å². The van der Waals surface area contributed by atoms with Crippen LogP contribution in [0.15, 0.2) is 17.5 Å². The lowest BCUT2D eigenvalue weighted by Crippen LogP contribution is -2.58. The van der Waals surface area contributed by atoms with Crippen LogP contribution in [0.25, 0.3) is 0 Å². The molecule has 0 saturated carbocycles. The van der Waals surface area contributed by atoms with Crippen molar-refractivity contribution in [3.05, 3.63) is 18.2 Å². The van der Waals surface area contributed by atoms with Crippen molar-refractivity contribution in [3.8, 4) is 0 Å². The number of nitrogens with zero attached hydrogens (tertiary/aromatic N) is 2. The van der Waals surface area contributed by atoms with Gasteiger partial charge in [0.05, 0.1) is 25.5 Å². The van der Waals surface area contributed by atoms with Gasteiger partial charge in [0, 0.05) is 30.6 Å². The fourth-order valence-corrected chi connectivity index (χ4v) is 5.26. The number of H-pyrrole nitrogens is 1. The Morgan fingerprint density at radius 2 is 1.41 bits per heavy atom. The molecule has 1 aromatic rings. The smallest absolute Gasteiger partial charge is 0.326 e. The van der Waals surface area contributed by atoms with Gasteiger partial charge in [-0.15, -0.1) is 0 Å². The van der Waals surface area contributed by atoms with Crippen molar-refractivity contribution >= 4 is 77.7 Å². The number of nitrogens with two attached hydrogens (primary N) is 3. The zero-order valence-electron chi connectivity index (χ0n) is 31.2. The van der Waals surface area contributed by atoms with E-state index in [0.29, 0.717) is 11.4 Å². The maximum Gasteiger partial charge on any atom is 0.326 e. The fraction of sp³-hybridized carbons (Fsp3) is 0.613. The number of rotatable bonds is 26. The monoisotopic (exact) mass is 831 g/mol. The van der Waals surface area contributed by atoms with Crippen molar-refractivity contribution in [1.29, 1.82) is 0 Å². The van der Waals surface area contributed by atoms with Crippen LogP contribution in [0.4, 0.5) is 0 Å². The molecule has 56 heavy (non-hydrogen) atoms. The molecule has 0 fully saturated rings. The van der Waals surface area contributed by atoms with E-state index >= 15 is 0 Å². The van der Waals surface area contributed by atoms with Crippen molar-refractivity contribution in [3.63, 3.8) is 0 Å². The van der Waals surface area contributed by atoms with Gasteiger partial charge in [-0.05, 0) is 45.1 Å². The maximum atomic E-state index is 13.1. The summed E-state index contributed by atoms with van der Waals surface area (Å²) < 4.78 is 0. The van der Waals surface area contributed by atoms with Crippen LogP contribution >= 0.6 is 24.4 Å². The summed E-state index contributed by atoms with van der Waals surface area (Å²) in [7, 11) is 0. The highest BCUT2D eigenvalue weighted by atomic mass is 32.2. The van der Waals surface area contributed by atoms with Crippen LogP contribution in [0.5, 0.6) is 0 Å². The molecule has 0 spiro atoms. The minimum absolute atomic E-state index is 0.00237. The molecule has 0 aliphatic heterocycles. The average Bonchev–Trinajstić information content (AvgIpc) is 3.66. The van der Waals surface area contributed by atoms with Crippen molar-refractivity contribution in [2.75, 3.05) is 37.4 Å². The number of guanidine groups is 1. The summed E-state index contributed by atoms with van der Waals surface area (Å²) in [6, 6.07) is -7.42. The van der Waals surface area contributed by atoms with E-state index in [1.165, 1.54) is 38.1 Å². The molecule has 25 heteroatoms. The Balaban J connectivity index is 2.76. The molecule has 0 aliphatic rings. The van der Waals surface area contributed by atoms with Gasteiger partial charge in [0.15, 0.2) is 5.96 Å². The van der Waals surface area contributed by atoms with Crippen LogP contribution in [-0.2, 0) is 44.8 Å². The van der Waals surface area contributed by atoms with Crippen LogP contribution in [0, 0.1) is 0 Å². The number of hydrogen-bond acceptors (Lipinski definition) is 14. The summed E-state index contributed by atoms with van der Waals surface area (Å²) >= 11 is 5.46. The molecule has 0 unspecified atom stereocenters. The zero-order chi connectivity index (χ0) is 42.4. The van der Waals surface area contributed by atoms with E-state index in [-0.39, 0.29) is 43.9 Å². The number of carbonyl (C=O) groups excluding carboxylic acids is 7. The molecular formula is C31H53N13O10S2. The number of aliphatic hydroxyl groups excluding tert-OH is 1. The van der Waals surface area contributed by atoms with Crippen LogP contribution in [0.2, 0.25) is 0 Å². The second-order valence-electron chi connectivity index (χ2n) is 12.3. The van der Waals surface area contributed by atoms with E-state index in [1.54, 1.807) is 6.26 Å². The second kappa shape index (κ2) is 25.8. The third-order valence-corrected chi connectivity index (χ3v) is 8.70. The number of amides is 7. The normalized spacial score (nSPS) is 14.5. The van der Waals surface area contributed by atoms with Crippen molar-refractivity contribution < 1.29 is 48.6 Å². The molecule has 7 atom stereocenters. The van der Waals surface area contributed by atoms with Gasteiger partial charge in [0.1, 0.15) is 36.3 Å². The van der Waals surface area contributed by atoms with Crippen LogP contribution < -0.4 is 54.4 Å².